The molecule has 6 nitrogen and oxygen atoms in total. The van der Waals surface area contributed by atoms with Gasteiger partial charge in [-0.05, 0) is 37.1 Å². The van der Waals surface area contributed by atoms with E-state index in [0.29, 0.717) is 23.7 Å². The third kappa shape index (κ3) is 3.74. The number of rotatable bonds is 5. The smallest absolute Gasteiger partial charge is 0.253 e. The molecule has 0 bridgehead atoms. The van der Waals surface area contributed by atoms with Gasteiger partial charge >= 0.3 is 0 Å². The standard InChI is InChI=1S/C17H16ClN3O3S3/c18-14-7-8-16(26-14)27(23,24)21-9-3-5-12(21)17(22)19-10-15-20-11-4-1-2-6-13(11)25-15/h1-2,4,6-8,12H,3,5,9-10H2,(H,19,22)/t12-/m0/s1. The zero-order valence-electron chi connectivity index (χ0n) is 14.1. The first-order valence-electron chi connectivity index (χ1n) is 8.34. The van der Waals surface area contributed by atoms with Gasteiger partial charge in [0.05, 0.1) is 21.1 Å². The summed E-state index contributed by atoms with van der Waals surface area (Å²) in [5.41, 5.74) is 0.895. The van der Waals surface area contributed by atoms with Crippen LogP contribution in [0, 0.1) is 0 Å². The van der Waals surface area contributed by atoms with Gasteiger partial charge in [-0.3, -0.25) is 4.79 Å². The Balaban J connectivity index is 1.47. The number of carbonyl (C=O) groups is 1. The molecule has 0 unspecified atom stereocenters. The summed E-state index contributed by atoms with van der Waals surface area (Å²) in [5, 5.41) is 3.63. The van der Waals surface area contributed by atoms with E-state index in [1.807, 2.05) is 24.3 Å². The second kappa shape index (κ2) is 7.48. The quantitative estimate of drug-likeness (QED) is 0.657. The molecule has 1 aliphatic rings. The van der Waals surface area contributed by atoms with Crippen molar-refractivity contribution in [1.29, 1.82) is 0 Å². The minimum Gasteiger partial charge on any atom is -0.348 e. The molecule has 0 radical (unpaired) electrons. The van der Waals surface area contributed by atoms with E-state index in [1.165, 1.54) is 21.7 Å². The summed E-state index contributed by atoms with van der Waals surface area (Å²) in [6, 6.07) is 10.1. The first-order chi connectivity index (χ1) is 12.9. The van der Waals surface area contributed by atoms with Gasteiger partial charge in [0, 0.05) is 6.54 Å². The predicted octanol–water partition coefficient (Wildman–Crippen LogP) is 3.48. The lowest BCUT2D eigenvalue weighted by Crippen LogP contribution is -2.45. The third-order valence-corrected chi connectivity index (χ3v) is 9.01. The number of nitrogens with one attached hydrogen (secondary N) is 1. The number of fused-ring (bicyclic) bond motifs is 1. The number of halogens is 1. The van der Waals surface area contributed by atoms with Crippen molar-refractivity contribution in [2.45, 2.75) is 29.6 Å². The van der Waals surface area contributed by atoms with E-state index in [1.54, 1.807) is 6.07 Å². The molecule has 3 heterocycles. The Labute approximate surface area is 169 Å². The first-order valence-corrected chi connectivity index (χ1v) is 11.8. The first kappa shape index (κ1) is 18.8. The topological polar surface area (TPSA) is 79.4 Å². The van der Waals surface area contributed by atoms with Gasteiger partial charge in [-0.1, -0.05) is 23.7 Å². The van der Waals surface area contributed by atoms with Crippen LogP contribution in [-0.4, -0.2) is 36.2 Å². The number of benzene rings is 1. The number of aromatic nitrogens is 1. The van der Waals surface area contributed by atoms with E-state index < -0.39 is 16.1 Å². The second-order valence-corrected chi connectivity index (χ2v) is 11.1. The van der Waals surface area contributed by atoms with Crippen LogP contribution in [0.15, 0.2) is 40.6 Å². The number of thiophene rings is 1. The van der Waals surface area contributed by atoms with Crippen molar-refractivity contribution in [2.24, 2.45) is 0 Å². The number of carbonyl (C=O) groups excluding carboxylic acids is 1. The van der Waals surface area contributed by atoms with Gasteiger partial charge in [-0.25, -0.2) is 13.4 Å². The number of nitrogens with zero attached hydrogens (tertiary/aromatic N) is 2. The van der Waals surface area contributed by atoms with Gasteiger partial charge in [-0.2, -0.15) is 4.31 Å². The molecule has 0 aliphatic carbocycles. The number of amides is 1. The van der Waals surface area contributed by atoms with Crippen molar-refractivity contribution in [3.8, 4) is 0 Å². The van der Waals surface area contributed by atoms with Crippen LogP contribution < -0.4 is 5.32 Å². The fourth-order valence-electron chi connectivity index (χ4n) is 3.12. The molecule has 10 heteroatoms. The number of hydrogen-bond donors (Lipinski definition) is 1. The van der Waals surface area contributed by atoms with Crippen LogP contribution in [0.1, 0.15) is 17.8 Å². The van der Waals surface area contributed by atoms with Crippen molar-refractivity contribution in [2.75, 3.05) is 6.54 Å². The van der Waals surface area contributed by atoms with Crippen molar-refractivity contribution < 1.29 is 13.2 Å². The molecule has 1 fully saturated rings. The lowest BCUT2D eigenvalue weighted by atomic mass is 10.2. The lowest BCUT2D eigenvalue weighted by Gasteiger charge is -2.22. The van der Waals surface area contributed by atoms with Crippen LogP contribution in [0.25, 0.3) is 10.2 Å². The molecular formula is C17H16ClN3O3S3. The van der Waals surface area contributed by atoms with Crippen molar-refractivity contribution >= 4 is 60.4 Å². The van der Waals surface area contributed by atoms with Crippen LogP contribution in [0.4, 0.5) is 0 Å². The Morgan fingerprint density at radius 3 is 2.81 bits per heavy atom. The summed E-state index contributed by atoms with van der Waals surface area (Å²) in [6.45, 7) is 0.616. The van der Waals surface area contributed by atoms with E-state index in [0.717, 1.165) is 26.6 Å². The van der Waals surface area contributed by atoms with Crippen LogP contribution in [0.2, 0.25) is 4.34 Å². The molecule has 4 rings (SSSR count). The highest BCUT2D eigenvalue weighted by Gasteiger charge is 2.40. The minimum absolute atomic E-state index is 0.165. The molecule has 1 aromatic carbocycles. The van der Waals surface area contributed by atoms with Crippen LogP contribution in [-0.2, 0) is 21.4 Å². The summed E-state index contributed by atoms with van der Waals surface area (Å²) in [4.78, 5) is 17.2. The average molecular weight is 442 g/mol. The summed E-state index contributed by atoms with van der Waals surface area (Å²) >= 11 is 8.39. The zero-order valence-corrected chi connectivity index (χ0v) is 17.3. The van der Waals surface area contributed by atoms with Gasteiger partial charge in [0.1, 0.15) is 15.3 Å². The fraction of sp³-hybridized carbons (Fsp3) is 0.294. The average Bonchev–Trinajstić information content (AvgIpc) is 3.38. The van der Waals surface area contributed by atoms with E-state index >= 15 is 0 Å². The molecule has 1 aliphatic heterocycles. The summed E-state index contributed by atoms with van der Waals surface area (Å²) in [6.07, 6.45) is 1.15. The number of sulfonamides is 1. The third-order valence-electron chi connectivity index (χ3n) is 4.37. The van der Waals surface area contributed by atoms with Crippen molar-refractivity contribution in [1.82, 2.24) is 14.6 Å². The van der Waals surface area contributed by atoms with E-state index in [-0.39, 0.29) is 16.7 Å². The molecule has 1 amide bonds. The van der Waals surface area contributed by atoms with Crippen LogP contribution >= 0.6 is 34.3 Å². The second-order valence-electron chi connectivity index (χ2n) is 6.13. The molecule has 2 aromatic heterocycles. The fourth-order valence-corrected chi connectivity index (χ4v) is 7.29. The molecule has 142 valence electrons. The molecule has 3 aromatic rings. The minimum atomic E-state index is -3.72. The SMILES string of the molecule is O=C(NCc1nc2ccccc2s1)[C@@H]1CCCN1S(=O)(=O)c1ccc(Cl)s1. The molecule has 1 saturated heterocycles. The molecule has 1 N–H and O–H groups in total. The number of para-hydroxylation sites is 1. The molecule has 0 spiro atoms. The molecule has 27 heavy (non-hydrogen) atoms. The van der Waals surface area contributed by atoms with E-state index in [9.17, 15) is 13.2 Å². The van der Waals surface area contributed by atoms with E-state index in [2.05, 4.69) is 10.3 Å². The summed E-state index contributed by atoms with van der Waals surface area (Å²) < 4.78 is 28.6. The van der Waals surface area contributed by atoms with Crippen molar-refractivity contribution in [3.05, 3.63) is 45.7 Å². The number of thiazole rings is 1. The summed E-state index contributed by atoms with van der Waals surface area (Å²) in [5.74, 6) is -0.294. The predicted molar refractivity (Wildman–Crippen MR) is 108 cm³/mol. The van der Waals surface area contributed by atoms with Gasteiger partial charge in [0.25, 0.3) is 10.0 Å². The highest BCUT2D eigenvalue weighted by molar-refractivity contribution is 7.91. The Bertz CT molecular complexity index is 1060. The Hall–Kier alpha value is -1.52. The van der Waals surface area contributed by atoms with Gasteiger partial charge in [-0.15, -0.1) is 22.7 Å². The zero-order chi connectivity index (χ0) is 19.0. The monoisotopic (exact) mass is 441 g/mol. The van der Waals surface area contributed by atoms with Gasteiger partial charge in [0.2, 0.25) is 5.91 Å². The highest BCUT2D eigenvalue weighted by atomic mass is 35.5. The normalized spacial score (nSPS) is 18.2. The Morgan fingerprint density at radius 2 is 2.07 bits per heavy atom. The van der Waals surface area contributed by atoms with Gasteiger partial charge in [0.15, 0.2) is 0 Å². The Kier molecular flexibility index (Phi) is 5.21. The van der Waals surface area contributed by atoms with Crippen LogP contribution in [0.3, 0.4) is 0 Å². The Morgan fingerprint density at radius 1 is 1.26 bits per heavy atom. The maximum atomic E-state index is 12.8. The van der Waals surface area contributed by atoms with Crippen molar-refractivity contribution in [3.63, 3.8) is 0 Å². The maximum absolute atomic E-state index is 12.8. The van der Waals surface area contributed by atoms with Crippen LogP contribution in [0.5, 0.6) is 0 Å². The maximum Gasteiger partial charge on any atom is 0.253 e. The summed E-state index contributed by atoms with van der Waals surface area (Å²) in [7, 11) is -3.72. The largest absolute Gasteiger partial charge is 0.348 e. The lowest BCUT2D eigenvalue weighted by molar-refractivity contribution is -0.124. The molecule has 1 atom stereocenters. The molecular weight excluding hydrogens is 426 g/mol. The van der Waals surface area contributed by atoms with Gasteiger partial charge < -0.3 is 5.32 Å². The van der Waals surface area contributed by atoms with E-state index in [4.69, 9.17) is 11.6 Å². The highest BCUT2D eigenvalue weighted by Crippen LogP contribution is 2.32. The molecule has 0 saturated carbocycles. The number of hydrogen-bond acceptors (Lipinski definition) is 6.